The van der Waals surface area contributed by atoms with Gasteiger partial charge in [0.15, 0.2) is 29.3 Å². The van der Waals surface area contributed by atoms with E-state index in [0.717, 1.165) is 31.2 Å². The number of imidazole rings is 1. The molecule has 0 radical (unpaired) electrons. The van der Waals surface area contributed by atoms with E-state index in [4.69, 9.17) is 14.7 Å². The summed E-state index contributed by atoms with van der Waals surface area (Å²) in [6, 6.07) is 9.81. The van der Waals surface area contributed by atoms with Crippen molar-refractivity contribution in [3.63, 3.8) is 0 Å². The van der Waals surface area contributed by atoms with E-state index in [0.29, 0.717) is 29.4 Å². The SMILES string of the molecule is Cn1nnc(C2OC(n3cnc4c(NC5CCCC5)nc(NC(CO)Cc5ccccc5)nc43)C(O)C2O)n1. The van der Waals surface area contributed by atoms with Gasteiger partial charge in [0, 0.05) is 6.04 Å². The molecule has 1 aliphatic heterocycles. The fraction of sp³-hybridized carbons (Fsp3) is 0.520. The molecule has 4 aromatic rings. The number of aromatic nitrogens is 8. The summed E-state index contributed by atoms with van der Waals surface area (Å²) in [5.41, 5.74) is 2.00. The molecule has 0 spiro atoms. The summed E-state index contributed by atoms with van der Waals surface area (Å²) in [6.45, 7) is -0.121. The Bertz CT molecular complexity index is 1410. The lowest BCUT2D eigenvalue weighted by atomic mass is 10.1. The van der Waals surface area contributed by atoms with E-state index >= 15 is 0 Å². The van der Waals surface area contributed by atoms with Gasteiger partial charge in [-0.25, -0.2) is 4.98 Å². The fourth-order valence-corrected chi connectivity index (χ4v) is 5.29. The summed E-state index contributed by atoms with van der Waals surface area (Å²) in [7, 11) is 1.61. The first kappa shape index (κ1) is 25.6. The number of hydrogen-bond donors (Lipinski definition) is 5. The minimum atomic E-state index is -1.29. The lowest BCUT2D eigenvalue weighted by Gasteiger charge is -2.20. The van der Waals surface area contributed by atoms with Crippen LogP contribution in [0.15, 0.2) is 36.7 Å². The summed E-state index contributed by atoms with van der Waals surface area (Å²) in [4.78, 5) is 15.3. The zero-order chi connectivity index (χ0) is 26.9. The molecule has 1 saturated carbocycles. The van der Waals surface area contributed by atoms with Crippen LogP contribution in [0.1, 0.15) is 49.4 Å². The lowest BCUT2D eigenvalue weighted by molar-refractivity contribution is -0.0384. The van der Waals surface area contributed by atoms with Gasteiger partial charge in [-0.1, -0.05) is 43.2 Å². The van der Waals surface area contributed by atoms with Gasteiger partial charge in [-0.2, -0.15) is 14.8 Å². The lowest BCUT2D eigenvalue weighted by Crippen LogP contribution is -2.29. The number of hydrogen-bond acceptors (Lipinski definition) is 12. The van der Waals surface area contributed by atoms with Crippen molar-refractivity contribution >= 4 is 22.9 Å². The summed E-state index contributed by atoms with van der Waals surface area (Å²) < 4.78 is 7.62. The highest BCUT2D eigenvalue weighted by molar-refractivity contribution is 5.84. The van der Waals surface area contributed by atoms with Gasteiger partial charge < -0.3 is 30.7 Å². The molecule has 5 unspecified atom stereocenters. The standard InChI is InChI=1S/C25H32N10O4/c1-34-32-22(31-33-34)20-18(37)19(38)24(39-20)35-13-26-17-21(27-15-9-5-6-10-15)29-25(30-23(17)35)28-16(12-36)11-14-7-3-2-4-8-14/h2-4,7-8,13,15-16,18-20,24,36-38H,5-6,9-12H2,1H3,(H2,27,28,29,30). The molecule has 14 nitrogen and oxygen atoms in total. The normalized spacial score (nSPS) is 24.4. The number of aliphatic hydroxyl groups excluding tert-OH is 3. The van der Waals surface area contributed by atoms with Crippen LogP contribution in [-0.2, 0) is 18.2 Å². The molecule has 4 heterocycles. The molecule has 0 bridgehead atoms. The molecule has 2 aliphatic rings. The van der Waals surface area contributed by atoms with Gasteiger partial charge in [-0.15, -0.1) is 10.2 Å². The summed E-state index contributed by atoms with van der Waals surface area (Å²) in [5.74, 6) is 1.04. The Morgan fingerprint density at radius 3 is 2.62 bits per heavy atom. The van der Waals surface area contributed by atoms with Crippen molar-refractivity contribution < 1.29 is 20.1 Å². The van der Waals surface area contributed by atoms with Gasteiger partial charge in [0.25, 0.3) is 0 Å². The molecular weight excluding hydrogens is 504 g/mol. The Kier molecular flexibility index (Phi) is 7.08. The van der Waals surface area contributed by atoms with Crippen LogP contribution in [0.25, 0.3) is 11.2 Å². The second-order valence-electron chi connectivity index (χ2n) is 10.1. The van der Waals surface area contributed by atoms with Crippen LogP contribution in [0.3, 0.4) is 0 Å². The van der Waals surface area contributed by atoms with Crippen LogP contribution in [0.5, 0.6) is 0 Å². The molecule has 5 N–H and O–H groups in total. The van der Waals surface area contributed by atoms with Crippen LogP contribution < -0.4 is 10.6 Å². The number of aliphatic hydroxyl groups is 3. The smallest absolute Gasteiger partial charge is 0.227 e. The second-order valence-corrected chi connectivity index (χ2v) is 10.1. The van der Waals surface area contributed by atoms with Gasteiger partial charge in [-0.3, -0.25) is 4.57 Å². The first-order valence-electron chi connectivity index (χ1n) is 13.2. The van der Waals surface area contributed by atoms with Gasteiger partial charge >= 0.3 is 0 Å². The maximum atomic E-state index is 10.9. The number of ether oxygens (including phenoxy) is 1. The number of tetrazole rings is 1. The molecule has 5 atom stereocenters. The number of rotatable bonds is 9. The summed E-state index contributed by atoms with van der Waals surface area (Å²) >= 11 is 0. The average molecular weight is 537 g/mol. The number of nitrogens with one attached hydrogen (secondary N) is 2. The van der Waals surface area contributed by atoms with Crippen molar-refractivity contribution in [3.8, 4) is 0 Å². The topological polar surface area (TPSA) is 181 Å². The third kappa shape index (κ3) is 5.15. The highest BCUT2D eigenvalue weighted by Crippen LogP contribution is 2.39. The van der Waals surface area contributed by atoms with Crippen LogP contribution in [-0.4, -0.2) is 85.9 Å². The number of fused-ring (bicyclic) bond motifs is 1. The highest BCUT2D eigenvalue weighted by atomic mass is 16.6. The van der Waals surface area contributed by atoms with E-state index in [1.165, 1.54) is 11.1 Å². The quantitative estimate of drug-likeness (QED) is 0.202. The van der Waals surface area contributed by atoms with Crippen LogP contribution in [0.4, 0.5) is 11.8 Å². The maximum absolute atomic E-state index is 10.9. The van der Waals surface area contributed by atoms with E-state index in [2.05, 4.69) is 31.0 Å². The number of aryl methyl sites for hydroxylation is 1. The Morgan fingerprint density at radius 2 is 1.90 bits per heavy atom. The van der Waals surface area contributed by atoms with Crippen molar-refractivity contribution in [3.05, 3.63) is 48.0 Å². The number of nitrogens with zero attached hydrogens (tertiary/aromatic N) is 8. The molecule has 1 aromatic carbocycles. The third-order valence-electron chi connectivity index (χ3n) is 7.29. The Balaban J connectivity index is 1.34. The van der Waals surface area contributed by atoms with Crippen LogP contribution in [0.2, 0.25) is 0 Å². The van der Waals surface area contributed by atoms with Gasteiger partial charge in [0.05, 0.1) is 26.0 Å². The average Bonchev–Trinajstić information content (AvgIpc) is 3.74. The van der Waals surface area contributed by atoms with Crippen molar-refractivity contribution in [2.45, 2.75) is 68.7 Å². The fourth-order valence-electron chi connectivity index (χ4n) is 5.29. The number of anilines is 2. The molecule has 3 aromatic heterocycles. The minimum Gasteiger partial charge on any atom is -0.394 e. The predicted molar refractivity (Wildman–Crippen MR) is 140 cm³/mol. The van der Waals surface area contributed by atoms with E-state index in [1.54, 1.807) is 11.6 Å². The van der Waals surface area contributed by atoms with E-state index in [1.807, 2.05) is 30.3 Å². The van der Waals surface area contributed by atoms with Crippen molar-refractivity contribution in [2.24, 2.45) is 7.05 Å². The van der Waals surface area contributed by atoms with Crippen molar-refractivity contribution in [2.75, 3.05) is 17.2 Å². The van der Waals surface area contributed by atoms with Crippen molar-refractivity contribution in [1.29, 1.82) is 0 Å². The zero-order valence-electron chi connectivity index (χ0n) is 21.5. The number of benzene rings is 1. The van der Waals surface area contributed by atoms with Gasteiger partial charge in [0.1, 0.15) is 12.2 Å². The first-order valence-corrected chi connectivity index (χ1v) is 13.2. The van der Waals surface area contributed by atoms with E-state index < -0.39 is 24.5 Å². The van der Waals surface area contributed by atoms with Gasteiger partial charge in [-0.05, 0) is 30.0 Å². The molecule has 14 heteroatoms. The van der Waals surface area contributed by atoms with Crippen LogP contribution >= 0.6 is 0 Å². The molecule has 206 valence electrons. The minimum absolute atomic E-state index is 0.121. The monoisotopic (exact) mass is 536 g/mol. The summed E-state index contributed by atoms with van der Waals surface area (Å²) in [5, 5.41) is 50.4. The Hall–Kier alpha value is -3.72. The third-order valence-corrected chi connectivity index (χ3v) is 7.29. The molecular formula is C25H32N10O4. The molecule has 2 fully saturated rings. The first-order chi connectivity index (χ1) is 19.0. The molecule has 39 heavy (non-hydrogen) atoms. The van der Waals surface area contributed by atoms with E-state index in [9.17, 15) is 15.3 Å². The maximum Gasteiger partial charge on any atom is 0.227 e. The Labute approximate surface area is 224 Å². The second kappa shape index (κ2) is 10.8. The van der Waals surface area contributed by atoms with Crippen LogP contribution in [0, 0.1) is 0 Å². The predicted octanol–water partition coefficient (Wildman–Crippen LogP) is 0.712. The van der Waals surface area contributed by atoms with Crippen molar-refractivity contribution in [1.82, 2.24) is 39.7 Å². The van der Waals surface area contributed by atoms with E-state index in [-0.39, 0.29) is 24.5 Å². The largest absolute Gasteiger partial charge is 0.394 e. The molecule has 1 aliphatic carbocycles. The molecule has 1 saturated heterocycles. The highest BCUT2D eigenvalue weighted by Gasteiger charge is 2.47. The summed E-state index contributed by atoms with van der Waals surface area (Å²) in [6.07, 6.45) is 1.90. The molecule has 0 amide bonds. The Morgan fingerprint density at radius 1 is 1.10 bits per heavy atom. The van der Waals surface area contributed by atoms with Gasteiger partial charge in [0.2, 0.25) is 11.8 Å². The molecule has 6 rings (SSSR count). The zero-order valence-corrected chi connectivity index (χ0v) is 21.5.